The summed E-state index contributed by atoms with van der Waals surface area (Å²) in [6.45, 7) is 2.85. The molecule has 1 aliphatic heterocycles. The number of carbonyl (C=O) groups is 4. The highest BCUT2D eigenvalue weighted by molar-refractivity contribution is 6.10. The molecular weight excluding hydrogens is 342 g/mol. The van der Waals surface area contributed by atoms with Gasteiger partial charge in [0, 0.05) is 6.42 Å². The SMILES string of the molecule is CCOC(=O)C1(C(=O)OCC)CC(C(=O)OC)(C(=O)OC)N(OC)O1. The molecule has 0 saturated carbocycles. The van der Waals surface area contributed by atoms with E-state index in [1.807, 2.05) is 0 Å². The molecule has 0 N–H and O–H groups in total. The molecule has 0 unspecified atom stereocenters. The summed E-state index contributed by atoms with van der Waals surface area (Å²) in [5.74, 6) is -4.61. The Kier molecular flexibility index (Phi) is 6.85. The van der Waals surface area contributed by atoms with Gasteiger partial charge in [-0.15, -0.1) is 0 Å². The van der Waals surface area contributed by atoms with Crippen LogP contribution in [0.3, 0.4) is 0 Å². The topological polar surface area (TPSA) is 127 Å². The molecule has 11 nitrogen and oxygen atoms in total. The first-order chi connectivity index (χ1) is 11.8. The maximum Gasteiger partial charge on any atom is 0.352 e. The number of hydrogen-bond acceptors (Lipinski definition) is 11. The van der Waals surface area contributed by atoms with Crippen molar-refractivity contribution in [3.8, 4) is 0 Å². The minimum atomic E-state index is -2.44. The first-order valence-corrected chi connectivity index (χ1v) is 7.35. The van der Waals surface area contributed by atoms with Gasteiger partial charge in [0.05, 0.1) is 34.5 Å². The predicted molar refractivity (Wildman–Crippen MR) is 77.3 cm³/mol. The molecule has 0 aromatic carbocycles. The van der Waals surface area contributed by atoms with Gasteiger partial charge in [-0.1, -0.05) is 0 Å². The lowest BCUT2D eigenvalue weighted by atomic mass is 9.86. The van der Waals surface area contributed by atoms with Crippen LogP contribution in [0.4, 0.5) is 0 Å². The number of hydroxylamine groups is 2. The van der Waals surface area contributed by atoms with Crippen molar-refractivity contribution in [1.29, 1.82) is 0 Å². The standard InChI is InChI=1S/C14H21NO10/c1-6-23-11(18)14(12(19)24-7-2)8-13(9(16)20-3,10(17)21-4)15(22-5)25-14/h6-8H2,1-5H3. The number of rotatable bonds is 7. The van der Waals surface area contributed by atoms with E-state index in [1.54, 1.807) is 0 Å². The van der Waals surface area contributed by atoms with E-state index in [-0.39, 0.29) is 13.2 Å². The van der Waals surface area contributed by atoms with Crippen molar-refractivity contribution in [3.05, 3.63) is 0 Å². The lowest BCUT2D eigenvalue weighted by molar-refractivity contribution is -0.378. The molecule has 25 heavy (non-hydrogen) atoms. The smallest absolute Gasteiger partial charge is 0.352 e. The second kappa shape index (κ2) is 8.23. The highest BCUT2D eigenvalue weighted by atomic mass is 17.0. The average Bonchev–Trinajstić information content (AvgIpc) is 2.98. The molecule has 11 heteroatoms. The highest BCUT2D eigenvalue weighted by Crippen LogP contribution is 2.42. The summed E-state index contributed by atoms with van der Waals surface area (Å²) >= 11 is 0. The quantitative estimate of drug-likeness (QED) is 0.318. The first kappa shape index (κ1) is 20.8. The van der Waals surface area contributed by atoms with Crippen molar-refractivity contribution in [3.63, 3.8) is 0 Å². The summed E-state index contributed by atoms with van der Waals surface area (Å²) in [6, 6.07) is 0. The fourth-order valence-electron chi connectivity index (χ4n) is 2.38. The Balaban J connectivity index is 3.53. The first-order valence-electron chi connectivity index (χ1n) is 7.35. The van der Waals surface area contributed by atoms with Crippen LogP contribution in [0, 0.1) is 0 Å². The Hall–Kier alpha value is -2.24. The molecule has 0 bridgehead atoms. The van der Waals surface area contributed by atoms with Crippen LogP contribution in [-0.2, 0) is 47.8 Å². The second-order valence-corrected chi connectivity index (χ2v) is 4.82. The third kappa shape index (κ3) is 3.30. The van der Waals surface area contributed by atoms with E-state index < -0.39 is 41.4 Å². The van der Waals surface area contributed by atoms with E-state index in [0.29, 0.717) is 5.23 Å². The van der Waals surface area contributed by atoms with Crippen LogP contribution in [0.1, 0.15) is 20.3 Å². The van der Waals surface area contributed by atoms with Gasteiger partial charge in [-0.25, -0.2) is 24.0 Å². The monoisotopic (exact) mass is 363 g/mol. The maximum absolute atomic E-state index is 12.4. The Bertz CT molecular complexity index is 512. The van der Waals surface area contributed by atoms with Gasteiger partial charge in [0.25, 0.3) is 11.1 Å². The highest BCUT2D eigenvalue weighted by Gasteiger charge is 2.73. The van der Waals surface area contributed by atoms with Crippen molar-refractivity contribution in [2.24, 2.45) is 0 Å². The van der Waals surface area contributed by atoms with Gasteiger partial charge in [0.1, 0.15) is 0 Å². The van der Waals surface area contributed by atoms with Gasteiger partial charge in [-0.2, -0.15) is 0 Å². The molecule has 0 atom stereocenters. The van der Waals surface area contributed by atoms with E-state index in [0.717, 1.165) is 21.3 Å². The molecular formula is C14H21NO10. The summed E-state index contributed by atoms with van der Waals surface area (Å²) in [5, 5.41) is 0.387. The summed E-state index contributed by atoms with van der Waals surface area (Å²) in [4.78, 5) is 59.6. The summed E-state index contributed by atoms with van der Waals surface area (Å²) in [5.41, 5.74) is -4.80. The fourth-order valence-corrected chi connectivity index (χ4v) is 2.38. The van der Waals surface area contributed by atoms with Gasteiger partial charge in [0.2, 0.25) is 0 Å². The molecule has 0 aromatic rings. The van der Waals surface area contributed by atoms with Crippen LogP contribution in [-0.4, -0.2) is 74.8 Å². The molecule has 0 aliphatic carbocycles. The molecule has 1 saturated heterocycles. The molecule has 0 aromatic heterocycles. The third-order valence-electron chi connectivity index (χ3n) is 3.48. The van der Waals surface area contributed by atoms with E-state index in [4.69, 9.17) is 19.1 Å². The molecule has 142 valence electrons. The number of hydrogen-bond donors (Lipinski definition) is 0. The molecule has 1 aliphatic rings. The summed E-state index contributed by atoms with van der Waals surface area (Å²) < 4.78 is 19.0. The van der Waals surface area contributed by atoms with Crippen LogP contribution in [0.15, 0.2) is 0 Å². The normalized spacial score (nSPS) is 18.3. The van der Waals surface area contributed by atoms with E-state index >= 15 is 0 Å². The molecule has 1 rings (SSSR count). The maximum atomic E-state index is 12.4. The van der Waals surface area contributed by atoms with Crippen LogP contribution < -0.4 is 0 Å². The average molecular weight is 363 g/mol. The minimum absolute atomic E-state index is 0.0836. The fraction of sp³-hybridized carbons (Fsp3) is 0.714. The van der Waals surface area contributed by atoms with Crippen molar-refractivity contribution >= 4 is 23.9 Å². The number of ether oxygens (including phenoxy) is 4. The van der Waals surface area contributed by atoms with Crippen LogP contribution in [0.25, 0.3) is 0 Å². The predicted octanol–water partition coefficient (Wildman–Crippen LogP) is -0.865. The lowest BCUT2D eigenvalue weighted by Crippen LogP contribution is -2.57. The minimum Gasteiger partial charge on any atom is -0.467 e. The van der Waals surface area contributed by atoms with Gasteiger partial charge >= 0.3 is 23.9 Å². The molecule has 0 amide bonds. The zero-order valence-corrected chi connectivity index (χ0v) is 14.7. The molecule has 1 fully saturated rings. The number of nitrogens with zero attached hydrogens (tertiary/aromatic N) is 1. The van der Waals surface area contributed by atoms with E-state index in [1.165, 1.54) is 13.8 Å². The van der Waals surface area contributed by atoms with Crippen molar-refractivity contribution < 1.29 is 47.8 Å². The van der Waals surface area contributed by atoms with Gasteiger partial charge in [-0.3, -0.25) is 4.84 Å². The number of carbonyl (C=O) groups excluding carboxylic acids is 4. The molecule has 0 radical (unpaired) electrons. The van der Waals surface area contributed by atoms with Crippen LogP contribution >= 0.6 is 0 Å². The molecule has 1 heterocycles. The van der Waals surface area contributed by atoms with E-state index in [2.05, 4.69) is 9.47 Å². The zero-order valence-electron chi connectivity index (χ0n) is 14.7. The summed E-state index contributed by atoms with van der Waals surface area (Å²) in [6.07, 6.45) is -0.815. The second-order valence-electron chi connectivity index (χ2n) is 4.82. The number of esters is 4. The lowest BCUT2D eigenvalue weighted by Gasteiger charge is -2.27. The summed E-state index contributed by atoms with van der Waals surface area (Å²) in [7, 11) is 3.08. The number of methoxy groups -OCH3 is 2. The van der Waals surface area contributed by atoms with E-state index in [9.17, 15) is 19.2 Å². The van der Waals surface area contributed by atoms with Gasteiger partial charge in [0.15, 0.2) is 0 Å². The van der Waals surface area contributed by atoms with Gasteiger partial charge < -0.3 is 18.9 Å². The van der Waals surface area contributed by atoms with Crippen LogP contribution in [0.5, 0.6) is 0 Å². The third-order valence-corrected chi connectivity index (χ3v) is 3.48. The Morgan fingerprint density at radius 2 is 1.32 bits per heavy atom. The zero-order chi connectivity index (χ0) is 19.3. The van der Waals surface area contributed by atoms with Crippen LogP contribution in [0.2, 0.25) is 0 Å². The Morgan fingerprint density at radius 1 is 0.880 bits per heavy atom. The largest absolute Gasteiger partial charge is 0.467 e. The molecule has 0 spiro atoms. The Morgan fingerprint density at radius 3 is 1.64 bits per heavy atom. The Labute approximate surface area is 143 Å². The van der Waals surface area contributed by atoms with Gasteiger partial charge in [-0.05, 0) is 19.1 Å². The van der Waals surface area contributed by atoms with Crippen molar-refractivity contribution in [2.75, 3.05) is 34.5 Å². The van der Waals surface area contributed by atoms with Crippen molar-refractivity contribution in [1.82, 2.24) is 5.23 Å². The van der Waals surface area contributed by atoms with Crippen molar-refractivity contribution in [2.45, 2.75) is 31.4 Å².